The van der Waals surface area contributed by atoms with Gasteiger partial charge in [0.05, 0.1) is 13.7 Å². The minimum Gasteiger partial charge on any atom is -0.496 e. The largest absolute Gasteiger partial charge is 0.496 e. The Labute approximate surface area is 107 Å². The van der Waals surface area contributed by atoms with Crippen molar-refractivity contribution in [2.24, 2.45) is 0 Å². The molecule has 18 heavy (non-hydrogen) atoms. The van der Waals surface area contributed by atoms with Crippen molar-refractivity contribution >= 4 is 5.97 Å². The van der Waals surface area contributed by atoms with Gasteiger partial charge in [0.2, 0.25) is 0 Å². The number of hydrogen-bond donors (Lipinski definition) is 1. The van der Waals surface area contributed by atoms with Gasteiger partial charge in [-0.1, -0.05) is 23.6 Å². The molecule has 1 aromatic carbocycles. The molecule has 0 amide bonds. The molecule has 0 aliphatic heterocycles. The lowest BCUT2D eigenvalue weighted by molar-refractivity contribution is -0.142. The Hall–Kier alpha value is -1.99. The predicted molar refractivity (Wildman–Crippen MR) is 69.6 cm³/mol. The summed E-state index contributed by atoms with van der Waals surface area (Å²) in [5, 5.41) is 9.37. The number of carbonyl (C=O) groups is 1. The molecule has 1 N–H and O–H groups in total. The van der Waals surface area contributed by atoms with E-state index in [1.807, 2.05) is 19.1 Å². The summed E-state index contributed by atoms with van der Waals surface area (Å²) < 4.78 is 5.22. The lowest BCUT2D eigenvalue weighted by Crippen LogP contribution is -2.31. The highest BCUT2D eigenvalue weighted by molar-refractivity contribution is 5.77. The van der Waals surface area contributed by atoms with Gasteiger partial charge >= 0.3 is 5.97 Å². The zero-order valence-electron chi connectivity index (χ0n) is 10.8. The molecule has 1 atom stereocenters. The fourth-order valence-electron chi connectivity index (χ4n) is 1.86. The van der Waals surface area contributed by atoms with Gasteiger partial charge in [0.1, 0.15) is 11.8 Å². The van der Waals surface area contributed by atoms with Crippen LogP contribution >= 0.6 is 0 Å². The lowest BCUT2D eigenvalue weighted by Gasteiger charge is -2.24. The monoisotopic (exact) mass is 247 g/mol. The van der Waals surface area contributed by atoms with E-state index in [2.05, 4.69) is 5.92 Å². The van der Waals surface area contributed by atoms with Gasteiger partial charge < -0.3 is 9.84 Å². The molecule has 0 bridgehead atoms. The van der Waals surface area contributed by atoms with Gasteiger partial charge in [-0.05, 0) is 20.0 Å². The number of terminal acetylenes is 1. The summed E-state index contributed by atoms with van der Waals surface area (Å²) in [5.41, 5.74) is 1.59. The zero-order chi connectivity index (χ0) is 13.7. The number of carboxylic acids is 1. The van der Waals surface area contributed by atoms with E-state index in [1.165, 1.54) is 7.11 Å². The Morgan fingerprint density at radius 3 is 2.78 bits per heavy atom. The summed E-state index contributed by atoms with van der Waals surface area (Å²) in [6.45, 7) is 2.16. The van der Waals surface area contributed by atoms with Crippen LogP contribution in [0.2, 0.25) is 0 Å². The van der Waals surface area contributed by atoms with Gasteiger partial charge in [-0.25, -0.2) is 0 Å². The van der Waals surface area contributed by atoms with Crippen molar-refractivity contribution in [2.75, 3.05) is 20.7 Å². The summed E-state index contributed by atoms with van der Waals surface area (Å²) in [5.74, 6) is 2.05. The number of aliphatic carboxylic acids is 1. The first-order valence-corrected chi connectivity index (χ1v) is 5.52. The van der Waals surface area contributed by atoms with Gasteiger partial charge in [0.15, 0.2) is 0 Å². The van der Waals surface area contributed by atoms with E-state index in [9.17, 15) is 9.90 Å². The summed E-state index contributed by atoms with van der Waals surface area (Å²) in [7, 11) is 3.20. The molecule has 96 valence electrons. The highest BCUT2D eigenvalue weighted by Gasteiger charge is 2.27. The lowest BCUT2D eigenvalue weighted by atomic mass is 10.0. The second-order valence-electron chi connectivity index (χ2n) is 4.11. The number of benzene rings is 1. The van der Waals surface area contributed by atoms with Crippen molar-refractivity contribution in [3.8, 4) is 18.1 Å². The number of hydrogen-bond acceptors (Lipinski definition) is 3. The van der Waals surface area contributed by atoms with E-state index >= 15 is 0 Å². The molecule has 0 aromatic heterocycles. The summed E-state index contributed by atoms with van der Waals surface area (Å²) >= 11 is 0. The number of ether oxygens (including phenoxy) is 1. The van der Waals surface area contributed by atoms with Crippen LogP contribution in [0.5, 0.6) is 5.75 Å². The molecular formula is C14H17NO3. The van der Waals surface area contributed by atoms with Crippen LogP contribution in [0.25, 0.3) is 0 Å². The highest BCUT2D eigenvalue weighted by atomic mass is 16.5. The third kappa shape index (κ3) is 3.02. The summed E-state index contributed by atoms with van der Waals surface area (Å²) in [4.78, 5) is 13.0. The van der Waals surface area contributed by atoms with E-state index in [1.54, 1.807) is 18.0 Å². The molecule has 4 heteroatoms. The van der Waals surface area contributed by atoms with Gasteiger partial charge in [-0.2, -0.15) is 0 Å². The average molecular weight is 247 g/mol. The van der Waals surface area contributed by atoms with E-state index in [0.717, 1.165) is 5.56 Å². The molecular weight excluding hydrogens is 230 g/mol. The third-order valence-electron chi connectivity index (χ3n) is 2.70. The second-order valence-corrected chi connectivity index (χ2v) is 4.11. The molecule has 0 fully saturated rings. The first kappa shape index (κ1) is 14.1. The minimum atomic E-state index is -0.948. The topological polar surface area (TPSA) is 49.8 Å². The maximum atomic E-state index is 11.4. The predicted octanol–water partition coefficient (Wildman–Crippen LogP) is 1.69. The summed E-state index contributed by atoms with van der Waals surface area (Å²) in [6, 6.07) is 4.65. The van der Waals surface area contributed by atoms with Crippen molar-refractivity contribution in [3.05, 3.63) is 29.3 Å². The van der Waals surface area contributed by atoms with Crippen LogP contribution in [0.4, 0.5) is 0 Å². The van der Waals surface area contributed by atoms with Gasteiger partial charge in [0.25, 0.3) is 0 Å². The molecule has 0 heterocycles. The second kappa shape index (κ2) is 6.08. The van der Waals surface area contributed by atoms with Crippen molar-refractivity contribution in [3.63, 3.8) is 0 Å². The van der Waals surface area contributed by atoms with Crippen molar-refractivity contribution in [1.29, 1.82) is 0 Å². The number of carboxylic acid groups (broad SMARTS) is 1. The molecule has 1 rings (SSSR count). The molecule has 1 unspecified atom stereocenters. The molecule has 0 radical (unpaired) electrons. The number of methoxy groups -OCH3 is 1. The van der Waals surface area contributed by atoms with Crippen LogP contribution in [0.1, 0.15) is 17.2 Å². The molecule has 4 nitrogen and oxygen atoms in total. The third-order valence-corrected chi connectivity index (χ3v) is 2.70. The normalized spacial score (nSPS) is 11.9. The molecule has 1 aromatic rings. The molecule has 0 saturated heterocycles. The van der Waals surface area contributed by atoms with Crippen LogP contribution in [0.15, 0.2) is 18.2 Å². The van der Waals surface area contributed by atoms with Crippen LogP contribution in [0.3, 0.4) is 0 Å². The minimum absolute atomic E-state index is 0.258. The maximum absolute atomic E-state index is 11.4. The average Bonchev–Trinajstić information content (AvgIpc) is 2.29. The van der Waals surface area contributed by atoms with Crippen LogP contribution in [-0.2, 0) is 4.79 Å². The van der Waals surface area contributed by atoms with Crippen LogP contribution in [0, 0.1) is 19.3 Å². The highest BCUT2D eigenvalue weighted by Crippen LogP contribution is 2.29. The number of rotatable bonds is 5. The fourth-order valence-corrected chi connectivity index (χ4v) is 1.86. The van der Waals surface area contributed by atoms with Crippen molar-refractivity contribution in [2.45, 2.75) is 13.0 Å². The van der Waals surface area contributed by atoms with Crippen LogP contribution < -0.4 is 4.74 Å². The summed E-state index contributed by atoms with van der Waals surface area (Å²) in [6.07, 6.45) is 5.23. The molecule has 0 aliphatic rings. The first-order chi connectivity index (χ1) is 8.51. The van der Waals surface area contributed by atoms with E-state index < -0.39 is 12.0 Å². The maximum Gasteiger partial charge on any atom is 0.325 e. The fraction of sp³-hybridized carbons (Fsp3) is 0.357. The Morgan fingerprint density at radius 2 is 2.28 bits per heavy atom. The van der Waals surface area contributed by atoms with Crippen molar-refractivity contribution in [1.82, 2.24) is 4.90 Å². The number of nitrogens with zero attached hydrogens (tertiary/aromatic N) is 1. The van der Waals surface area contributed by atoms with Gasteiger partial charge in [0, 0.05) is 5.56 Å². The molecule has 0 aliphatic carbocycles. The van der Waals surface area contributed by atoms with Gasteiger partial charge in [-0.3, -0.25) is 9.69 Å². The Bertz CT molecular complexity index is 476. The Morgan fingerprint density at radius 1 is 1.61 bits per heavy atom. The quantitative estimate of drug-likeness (QED) is 0.804. The molecule has 0 spiro atoms. The van der Waals surface area contributed by atoms with Crippen molar-refractivity contribution < 1.29 is 14.6 Å². The molecule has 0 saturated carbocycles. The number of aryl methyl sites for hydroxylation is 1. The van der Waals surface area contributed by atoms with E-state index in [4.69, 9.17) is 11.2 Å². The SMILES string of the molecule is C#CCN(C)C(C(=O)O)c1cc(C)ccc1OC. The van der Waals surface area contributed by atoms with Crippen LogP contribution in [-0.4, -0.2) is 36.7 Å². The van der Waals surface area contributed by atoms with Gasteiger partial charge in [-0.15, -0.1) is 6.42 Å². The Balaban J connectivity index is 3.25. The Kier molecular flexibility index (Phi) is 4.75. The number of likely N-dealkylation sites (N-methyl/N-ethyl adjacent to an activating group) is 1. The van der Waals surface area contributed by atoms with E-state index in [0.29, 0.717) is 11.3 Å². The first-order valence-electron chi connectivity index (χ1n) is 5.52. The zero-order valence-corrected chi connectivity index (χ0v) is 10.8. The standard InChI is InChI=1S/C14H17NO3/c1-5-8-15(3)13(14(16)17)11-9-10(2)6-7-12(11)18-4/h1,6-7,9,13H,8H2,2-4H3,(H,16,17). The van der Waals surface area contributed by atoms with E-state index in [-0.39, 0.29) is 6.54 Å². The smallest absolute Gasteiger partial charge is 0.325 e.